The Kier molecular flexibility index (Phi) is 5.85. The fourth-order valence-electron chi connectivity index (χ4n) is 3.38. The van der Waals surface area contributed by atoms with Gasteiger partial charge in [0.2, 0.25) is 11.0 Å². The molecular formula is C24H16ClN4O3S-. The van der Waals surface area contributed by atoms with Crippen molar-refractivity contribution in [3.05, 3.63) is 94.5 Å². The number of ether oxygens (including phenoxy) is 1. The van der Waals surface area contributed by atoms with E-state index in [-0.39, 0.29) is 5.56 Å². The van der Waals surface area contributed by atoms with Gasteiger partial charge in [0.05, 0.1) is 5.97 Å². The number of carboxylic acids is 1. The molecule has 7 nitrogen and oxygen atoms in total. The van der Waals surface area contributed by atoms with Crippen LogP contribution in [-0.4, -0.2) is 21.2 Å². The molecule has 4 aromatic rings. The summed E-state index contributed by atoms with van der Waals surface area (Å²) in [7, 11) is 0. The van der Waals surface area contributed by atoms with Crippen LogP contribution in [0.1, 0.15) is 27.7 Å². The van der Waals surface area contributed by atoms with Crippen molar-refractivity contribution in [2.75, 3.05) is 5.32 Å². The molecule has 1 N–H and O–H groups in total. The van der Waals surface area contributed by atoms with E-state index in [9.17, 15) is 9.90 Å². The predicted molar refractivity (Wildman–Crippen MR) is 124 cm³/mol. The Morgan fingerprint density at radius 3 is 2.55 bits per heavy atom. The van der Waals surface area contributed by atoms with Gasteiger partial charge in [0.25, 0.3) is 0 Å². The number of thioether (sulfide) groups is 1. The summed E-state index contributed by atoms with van der Waals surface area (Å²) in [4.78, 5) is 15.7. The van der Waals surface area contributed by atoms with E-state index in [4.69, 9.17) is 16.3 Å². The van der Waals surface area contributed by atoms with E-state index in [1.807, 2.05) is 48.5 Å². The van der Waals surface area contributed by atoms with Crippen LogP contribution in [0.4, 0.5) is 5.69 Å². The number of para-hydroxylation sites is 1. The maximum atomic E-state index is 11.1. The van der Waals surface area contributed by atoms with Crippen molar-refractivity contribution in [3.8, 4) is 17.1 Å². The SMILES string of the molecule is O=C([O-])c1ccc(C2Nc3ccccc3-c3nnc(SCc4ccc(Cl)cc4)nc3O2)cc1. The lowest BCUT2D eigenvalue weighted by atomic mass is 10.1. The van der Waals surface area contributed by atoms with E-state index in [0.717, 1.165) is 22.4 Å². The Labute approximate surface area is 198 Å². The molecule has 0 saturated heterocycles. The van der Waals surface area contributed by atoms with Crippen molar-refractivity contribution in [1.82, 2.24) is 15.2 Å². The first kappa shape index (κ1) is 21.2. The van der Waals surface area contributed by atoms with Gasteiger partial charge >= 0.3 is 0 Å². The Bertz CT molecular complexity index is 1320. The van der Waals surface area contributed by atoms with E-state index >= 15 is 0 Å². The van der Waals surface area contributed by atoms with E-state index in [1.54, 1.807) is 12.1 Å². The van der Waals surface area contributed by atoms with Gasteiger partial charge in [-0.2, -0.15) is 4.98 Å². The van der Waals surface area contributed by atoms with E-state index in [2.05, 4.69) is 20.5 Å². The quantitative estimate of drug-likeness (QED) is 0.425. The first-order chi connectivity index (χ1) is 16.1. The fourth-order valence-corrected chi connectivity index (χ4v) is 4.24. The second kappa shape index (κ2) is 9.09. The van der Waals surface area contributed by atoms with Gasteiger partial charge in [0, 0.05) is 27.6 Å². The predicted octanol–water partition coefficient (Wildman–Crippen LogP) is 4.35. The summed E-state index contributed by atoms with van der Waals surface area (Å²) in [5.41, 5.74) is 4.07. The fraction of sp³-hybridized carbons (Fsp3) is 0.0833. The van der Waals surface area contributed by atoms with Crippen molar-refractivity contribution < 1.29 is 14.6 Å². The molecule has 0 spiro atoms. The largest absolute Gasteiger partial charge is 0.545 e. The molecule has 1 aromatic heterocycles. The minimum Gasteiger partial charge on any atom is -0.545 e. The van der Waals surface area contributed by atoms with Crippen LogP contribution in [0.25, 0.3) is 11.3 Å². The molecule has 1 atom stereocenters. The van der Waals surface area contributed by atoms with Crippen LogP contribution in [0.2, 0.25) is 5.02 Å². The second-order valence-corrected chi connectivity index (χ2v) is 8.64. The van der Waals surface area contributed by atoms with Gasteiger partial charge in [0.15, 0.2) is 11.9 Å². The summed E-state index contributed by atoms with van der Waals surface area (Å²) in [5.74, 6) is -0.234. The summed E-state index contributed by atoms with van der Waals surface area (Å²) in [6, 6.07) is 21.6. The third kappa shape index (κ3) is 4.62. The van der Waals surface area contributed by atoms with Gasteiger partial charge in [-0.15, -0.1) is 10.2 Å². The number of carbonyl (C=O) groups is 1. The average molecular weight is 476 g/mol. The number of fused-ring (bicyclic) bond motifs is 3. The molecule has 0 amide bonds. The van der Waals surface area contributed by atoms with Gasteiger partial charge in [0.1, 0.15) is 0 Å². The number of hydrogen-bond acceptors (Lipinski definition) is 8. The number of carboxylic acid groups (broad SMARTS) is 1. The first-order valence-corrected chi connectivity index (χ1v) is 11.4. The number of hydrogen-bond donors (Lipinski definition) is 1. The smallest absolute Gasteiger partial charge is 0.247 e. The molecule has 33 heavy (non-hydrogen) atoms. The monoisotopic (exact) mass is 475 g/mol. The molecule has 9 heteroatoms. The molecule has 0 fully saturated rings. The number of anilines is 1. The van der Waals surface area contributed by atoms with Crippen molar-refractivity contribution >= 4 is 35.0 Å². The maximum absolute atomic E-state index is 11.1. The molecule has 0 bridgehead atoms. The number of nitrogens with zero attached hydrogens (tertiary/aromatic N) is 3. The minimum atomic E-state index is -1.23. The van der Waals surface area contributed by atoms with E-state index in [1.165, 1.54) is 23.9 Å². The normalized spacial score (nSPS) is 14.3. The second-order valence-electron chi connectivity index (χ2n) is 7.26. The number of carbonyl (C=O) groups excluding carboxylic acids is 1. The lowest BCUT2D eigenvalue weighted by Gasteiger charge is -2.19. The molecule has 164 valence electrons. The van der Waals surface area contributed by atoms with Gasteiger partial charge in [-0.1, -0.05) is 78.0 Å². The molecule has 0 saturated carbocycles. The zero-order valence-electron chi connectivity index (χ0n) is 17.1. The topological polar surface area (TPSA) is 100 Å². The molecule has 1 aliphatic rings. The van der Waals surface area contributed by atoms with Gasteiger partial charge < -0.3 is 20.0 Å². The summed E-state index contributed by atoms with van der Waals surface area (Å²) < 4.78 is 6.22. The van der Waals surface area contributed by atoms with Crippen molar-refractivity contribution in [2.24, 2.45) is 0 Å². The van der Waals surface area contributed by atoms with Crippen LogP contribution >= 0.6 is 23.4 Å². The minimum absolute atomic E-state index is 0.0954. The van der Waals surface area contributed by atoms with E-state index < -0.39 is 12.2 Å². The van der Waals surface area contributed by atoms with Crippen molar-refractivity contribution in [2.45, 2.75) is 17.1 Å². The van der Waals surface area contributed by atoms with Crippen molar-refractivity contribution in [3.63, 3.8) is 0 Å². The van der Waals surface area contributed by atoms with Crippen LogP contribution < -0.4 is 15.2 Å². The lowest BCUT2D eigenvalue weighted by Crippen LogP contribution is -2.22. The van der Waals surface area contributed by atoms with Gasteiger partial charge in [-0.05, 0) is 29.3 Å². The molecule has 1 unspecified atom stereocenters. The number of aromatic nitrogens is 3. The number of benzene rings is 3. The Morgan fingerprint density at radius 1 is 1.03 bits per heavy atom. The molecule has 0 aliphatic carbocycles. The van der Waals surface area contributed by atoms with Gasteiger partial charge in [-0.25, -0.2) is 0 Å². The molecule has 3 aromatic carbocycles. The summed E-state index contributed by atoms with van der Waals surface area (Å²) in [5, 5.41) is 24.3. The highest BCUT2D eigenvalue weighted by molar-refractivity contribution is 7.98. The first-order valence-electron chi connectivity index (χ1n) is 10.0. The number of halogens is 1. The molecule has 1 aliphatic heterocycles. The number of aromatic carboxylic acids is 1. The zero-order valence-corrected chi connectivity index (χ0v) is 18.6. The van der Waals surface area contributed by atoms with Crippen LogP contribution in [0, 0.1) is 0 Å². The van der Waals surface area contributed by atoms with Crippen LogP contribution in [0.15, 0.2) is 78.0 Å². The van der Waals surface area contributed by atoms with Gasteiger partial charge in [-0.3, -0.25) is 0 Å². The molecular weight excluding hydrogens is 460 g/mol. The highest BCUT2D eigenvalue weighted by Crippen LogP contribution is 2.39. The Balaban J connectivity index is 1.46. The highest BCUT2D eigenvalue weighted by Gasteiger charge is 2.26. The standard InChI is InChI=1S/C24H17ClN4O3S/c25-17-11-5-14(6-12-17)13-33-24-27-22-20(28-29-24)18-3-1-2-4-19(18)26-21(32-22)15-7-9-16(10-8-15)23(30)31/h1-12,21,26H,13H2,(H,30,31)/p-1. The zero-order chi connectivity index (χ0) is 22.8. The molecule has 2 heterocycles. The molecule has 0 radical (unpaired) electrons. The summed E-state index contributed by atoms with van der Waals surface area (Å²) in [6.45, 7) is 0. The maximum Gasteiger partial charge on any atom is 0.247 e. The third-order valence-electron chi connectivity index (χ3n) is 5.06. The third-order valence-corrected chi connectivity index (χ3v) is 6.22. The molecule has 5 rings (SSSR count). The summed E-state index contributed by atoms with van der Waals surface area (Å²) in [6.07, 6.45) is -0.603. The Morgan fingerprint density at radius 2 is 1.79 bits per heavy atom. The highest BCUT2D eigenvalue weighted by atomic mass is 35.5. The van der Waals surface area contributed by atoms with Crippen LogP contribution in [0.5, 0.6) is 5.88 Å². The summed E-state index contributed by atoms with van der Waals surface area (Å²) >= 11 is 7.40. The van der Waals surface area contributed by atoms with Crippen LogP contribution in [-0.2, 0) is 5.75 Å². The average Bonchev–Trinajstić information content (AvgIpc) is 3.00. The van der Waals surface area contributed by atoms with Crippen LogP contribution in [0.3, 0.4) is 0 Å². The lowest BCUT2D eigenvalue weighted by molar-refractivity contribution is -0.255. The van der Waals surface area contributed by atoms with E-state index in [0.29, 0.717) is 27.5 Å². The van der Waals surface area contributed by atoms with Crippen molar-refractivity contribution in [1.29, 1.82) is 0 Å². The Hall–Kier alpha value is -3.62. The number of rotatable bonds is 5. The number of nitrogens with one attached hydrogen (secondary N) is 1.